The third-order valence-electron chi connectivity index (χ3n) is 6.36. The van der Waals surface area contributed by atoms with Crippen LogP contribution in [0.25, 0.3) is 21.9 Å². The van der Waals surface area contributed by atoms with E-state index >= 15 is 0 Å². The number of rotatable bonds is 7. The molecule has 0 unspecified atom stereocenters. The van der Waals surface area contributed by atoms with Gasteiger partial charge in [0.1, 0.15) is 11.2 Å². The molecule has 36 heavy (non-hydrogen) atoms. The molecule has 8 heteroatoms. The number of aryl methyl sites for hydroxylation is 1. The molecule has 2 aromatic carbocycles. The van der Waals surface area contributed by atoms with Gasteiger partial charge in [0, 0.05) is 39.4 Å². The summed E-state index contributed by atoms with van der Waals surface area (Å²) in [7, 11) is 0. The van der Waals surface area contributed by atoms with E-state index in [4.69, 9.17) is 20.4 Å². The largest absolute Gasteiger partial charge is 0.548 e. The molecule has 7 nitrogen and oxygen atoms in total. The summed E-state index contributed by atoms with van der Waals surface area (Å²) in [5.41, 5.74) is 3.21. The van der Waals surface area contributed by atoms with Crippen LogP contribution in [0.5, 0.6) is 0 Å². The van der Waals surface area contributed by atoms with E-state index in [1.807, 2.05) is 13.0 Å². The number of aliphatic carboxylic acids is 1. The fourth-order valence-corrected chi connectivity index (χ4v) is 4.46. The molecule has 0 aliphatic heterocycles. The van der Waals surface area contributed by atoms with Gasteiger partial charge in [-0.1, -0.05) is 44.5 Å². The van der Waals surface area contributed by atoms with Crippen molar-refractivity contribution in [2.45, 2.75) is 58.4 Å². The molecule has 4 rings (SSSR count). The third-order valence-corrected chi connectivity index (χ3v) is 6.62. The van der Waals surface area contributed by atoms with Crippen LogP contribution in [0.2, 0.25) is 5.02 Å². The van der Waals surface area contributed by atoms with Gasteiger partial charge >= 0.3 is 5.63 Å². The number of carboxylic acids is 1. The summed E-state index contributed by atoms with van der Waals surface area (Å²) in [4.78, 5) is 36.9. The lowest BCUT2D eigenvalue weighted by Crippen LogP contribution is -2.49. The lowest BCUT2D eigenvalue weighted by atomic mass is 9.86. The maximum Gasteiger partial charge on any atom is 0.339 e. The van der Waals surface area contributed by atoms with E-state index < -0.39 is 23.5 Å². The van der Waals surface area contributed by atoms with Gasteiger partial charge in [0.15, 0.2) is 0 Å². The van der Waals surface area contributed by atoms with Crippen molar-refractivity contribution in [3.05, 3.63) is 80.4 Å². The smallest absolute Gasteiger partial charge is 0.339 e. The number of carbonyl (C=O) groups excluding carboxylic acids is 2. The van der Waals surface area contributed by atoms with E-state index in [0.717, 1.165) is 21.9 Å². The SMILES string of the molecule is Cc1c(CCC(=O)N[C@@H](Cc2ccc(Cl)cc2)C(=O)[O-])c(=O)oc2cc3occ(C(C)(C)C)c3cc12. The summed E-state index contributed by atoms with van der Waals surface area (Å²) < 4.78 is 11.3. The van der Waals surface area contributed by atoms with Crippen molar-refractivity contribution in [1.82, 2.24) is 5.32 Å². The minimum absolute atomic E-state index is 0.0548. The predicted molar refractivity (Wildman–Crippen MR) is 136 cm³/mol. The second-order valence-corrected chi connectivity index (χ2v) is 10.4. The Morgan fingerprint density at radius 1 is 1.08 bits per heavy atom. The maximum atomic E-state index is 12.7. The van der Waals surface area contributed by atoms with Crippen LogP contribution in [-0.4, -0.2) is 17.9 Å². The van der Waals surface area contributed by atoms with Crippen LogP contribution >= 0.6 is 11.6 Å². The van der Waals surface area contributed by atoms with Gasteiger partial charge in [-0.2, -0.15) is 0 Å². The number of furan rings is 1. The van der Waals surface area contributed by atoms with E-state index in [1.165, 1.54) is 0 Å². The number of carbonyl (C=O) groups is 2. The third kappa shape index (κ3) is 5.31. The van der Waals surface area contributed by atoms with Crippen LogP contribution in [0.3, 0.4) is 0 Å². The molecule has 0 aliphatic rings. The Hall–Kier alpha value is -3.58. The Labute approximate surface area is 213 Å². The van der Waals surface area contributed by atoms with Gasteiger partial charge < -0.3 is 24.1 Å². The summed E-state index contributed by atoms with van der Waals surface area (Å²) in [6.45, 7) is 8.10. The fraction of sp³-hybridized carbons (Fsp3) is 0.321. The summed E-state index contributed by atoms with van der Waals surface area (Å²) in [6, 6.07) is 9.13. The molecule has 2 heterocycles. The molecule has 0 saturated heterocycles. The number of halogens is 1. The molecule has 4 aromatic rings. The number of benzene rings is 2. The molecule has 2 aromatic heterocycles. The number of fused-ring (bicyclic) bond motifs is 2. The second-order valence-electron chi connectivity index (χ2n) is 10.0. The number of hydrogen-bond donors (Lipinski definition) is 1. The Morgan fingerprint density at radius 3 is 2.42 bits per heavy atom. The Bertz CT molecular complexity index is 1510. The molecule has 0 spiro atoms. The van der Waals surface area contributed by atoms with Gasteiger partial charge in [0.2, 0.25) is 5.91 Å². The quantitative estimate of drug-likeness (QED) is 0.374. The first-order valence-electron chi connectivity index (χ1n) is 11.7. The monoisotopic (exact) mass is 508 g/mol. The van der Waals surface area contributed by atoms with Crippen molar-refractivity contribution < 1.29 is 23.5 Å². The number of carboxylic acid groups (broad SMARTS) is 1. The minimum atomic E-state index is -1.39. The average molecular weight is 509 g/mol. The first-order chi connectivity index (χ1) is 16.9. The fourth-order valence-electron chi connectivity index (χ4n) is 4.33. The number of nitrogens with one attached hydrogen (secondary N) is 1. The zero-order valence-electron chi connectivity index (χ0n) is 20.6. The minimum Gasteiger partial charge on any atom is -0.548 e. The van der Waals surface area contributed by atoms with Crippen molar-refractivity contribution in [3.63, 3.8) is 0 Å². The first-order valence-corrected chi connectivity index (χ1v) is 12.0. The summed E-state index contributed by atoms with van der Waals surface area (Å²) >= 11 is 5.87. The molecule has 1 amide bonds. The summed E-state index contributed by atoms with van der Waals surface area (Å²) in [6.07, 6.45) is 1.80. The van der Waals surface area contributed by atoms with Gasteiger partial charge in [-0.25, -0.2) is 4.79 Å². The molecule has 0 bridgehead atoms. The molecule has 1 N–H and O–H groups in total. The lowest BCUT2D eigenvalue weighted by molar-refractivity contribution is -0.308. The van der Waals surface area contributed by atoms with Crippen molar-refractivity contribution in [3.8, 4) is 0 Å². The summed E-state index contributed by atoms with van der Waals surface area (Å²) in [5.74, 6) is -1.89. The van der Waals surface area contributed by atoms with E-state index in [1.54, 1.807) is 36.6 Å². The molecule has 1 atom stereocenters. The standard InChI is InChI=1S/C28H28ClNO6/c1-15-18(9-10-25(31)30-22(26(32)33)11-16-5-7-17(29)8-6-16)27(34)36-24-13-23-20(12-19(15)24)21(14-35-23)28(2,3)4/h5-8,12-14,22H,9-11H2,1-4H3,(H,30,31)(H,32,33)/p-1/t22-/m0/s1. The van der Waals surface area contributed by atoms with E-state index in [9.17, 15) is 19.5 Å². The molecular formula is C28H27ClNO6-. The Balaban J connectivity index is 1.55. The van der Waals surface area contributed by atoms with Crippen molar-refractivity contribution >= 4 is 45.4 Å². The molecule has 0 fully saturated rings. The zero-order chi connectivity index (χ0) is 26.2. The highest BCUT2D eigenvalue weighted by Gasteiger charge is 2.22. The zero-order valence-corrected chi connectivity index (χ0v) is 21.3. The Morgan fingerprint density at radius 2 is 1.78 bits per heavy atom. The average Bonchev–Trinajstić information content (AvgIpc) is 3.22. The van der Waals surface area contributed by atoms with Crippen molar-refractivity contribution in [1.29, 1.82) is 0 Å². The first kappa shape index (κ1) is 25.5. The second kappa shape index (κ2) is 9.82. The normalized spacial score (nSPS) is 12.7. The van der Waals surface area contributed by atoms with Crippen LogP contribution in [0.4, 0.5) is 0 Å². The molecule has 0 aliphatic carbocycles. The summed E-state index contributed by atoms with van der Waals surface area (Å²) in [5, 5.41) is 16.3. The van der Waals surface area contributed by atoms with Gasteiger partial charge in [0.05, 0.1) is 18.3 Å². The lowest BCUT2D eigenvalue weighted by Gasteiger charge is -2.20. The highest BCUT2D eigenvalue weighted by atomic mass is 35.5. The van der Waals surface area contributed by atoms with E-state index in [-0.39, 0.29) is 24.7 Å². The predicted octanol–water partition coefficient (Wildman–Crippen LogP) is 4.21. The van der Waals surface area contributed by atoms with Crippen LogP contribution in [0.1, 0.15) is 49.4 Å². The Kier molecular flexibility index (Phi) is 6.96. The van der Waals surface area contributed by atoms with Crippen LogP contribution in [-0.2, 0) is 27.8 Å². The van der Waals surface area contributed by atoms with E-state index in [0.29, 0.717) is 27.3 Å². The topological polar surface area (TPSA) is 113 Å². The van der Waals surface area contributed by atoms with Crippen LogP contribution < -0.4 is 16.0 Å². The number of hydrogen-bond acceptors (Lipinski definition) is 6. The number of amides is 1. The van der Waals surface area contributed by atoms with Gasteiger partial charge in [-0.15, -0.1) is 0 Å². The molecule has 0 radical (unpaired) electrons. The van der Waals surface area contributed by atoms with Gasteiger partial charge in [-0.3, -0.25) is 4.79 Å². The maximum absolute atomic E-state index is 12.7. The highest BCUT2D eigenvalue weighted by Crippen LogP contribution is 2.35. The van der Waals surface area contributed by atoms with E-state index in [2.05, 4.69) is 26.1 Å². The van der Waals surface area contributed by atoms with Crippen molar-refractivity contribution in [2.75, 3.05) is 0 Å². The highest BCUT2D eigenvalue weighted by molar-refractivity contribution is 6.30. The molecular weight excluding hydrogens is 482 g/mol. The van der Waals surface area contributed by atoms with Gasteiger partial charge in [-0.05, 0) is 54.5 Å². The van der Waals surface area contributed by atoms with Crippen LogP contribution in [0, 0.1) is 6.92 Å². The van der Waals surface area contributed by atoms with Gasteiger partial charge in [0.25, 0.3) is 0 Å². The molecule has 188 valence electrons. The van der Waals surface area contributed by atoms with Crippen LogP contribution in [0.15, 0.2) is 56.3 Å². The van der Waals surface area contributed by atoms with Crippen molar-refractivity contribution in [2.24, 2.45) is 0 Å². The molecule has 0 saturated carbocycles.